The summed E-state index contributed by atoms with van der Waals surface area (Å²) < 4.78 is 10.6. The van der Waals surface area contributed by atoms with Gasteiger partial charge in [0.05, 0.1) is 26.0 Å². The van der Waals surface area contributed by atoms with E-state index in [9.17, 15) is 9.59 Å². The Balaban J connectivity index is 1.86. The molecule has 1 N–H and O–H groups in total. The second kappa shape index (κ2) is 10.7. The molecule has 0 aromatic heterocycles. The summed E-state index contributed by atoms with van der Waals surface area (Å²) in [6, 6.07) is 14.7. The van der Waals surface area contributed by atoms with E-state index in [2.05, 4.69) is 10.4 Å². The molecule has 0 radical (unpaired) electrons. The number of benzene rings is 2. The largest absolute Gasteiger partial charge is 0.497 e. The lowest BCUT2D eigenvalue weighted by molar-refractivity contribution is -0.133. The average molecular weight is 439 g/mol. The van der Waals surface area contributed by atoms with E-state index in [1.807, 2.05) is 55.5 Å². The van der Waals surface area contributed by atoms with Crippen LogP contribution in [-0.2, 0) is 4.79 Å². The standard InChI is InChI=1S/C24H30N4O4/c1-5-13-25-24(30)27(2)16-23(29)28-22(17-9-11-19(31-3)12-10-17)15-21(26-28)18-7-6-8-20(14-18)32-4/h6-12,14,22H,5,13,15-16H2,1-4H3,(H,25,30)/t22-/m1/s1. The maximum absolute atomic E-state index is 13.2. The Kier molecular flexibility index (Phi) is 7.70. The number of urea groups is 1. The van der Waals surface area contributed by atoms with E-state index < -0.39 is 0 Å². The summed E-state index contributed by atoms with van der Waals surface area (Å²) >= 11 is 0. The molecule has 0 saturated carbocycles. The van der Waals surface area contributed by atoms with Crippen molar-refractivity contribution in [2.75, 3.05) is 34.4 Å². The van der Waals surface area contributed by atoms with Crippen LogP contribution in [0.15, 0.2) is 53.6 Å². The topological polar surface area (TPSA) is 83.5 Å². The molecule has 8 heteroatoms. The number of carbonyl (C=O) groups is 2. The third-order valence-corrected chi connectivity index (χ3v) is 5.31. The number of hydrazone groups is 1. The molecule has 0 fully saturated rings. The molecule has 1 aliphatic rings. The molecule has 32 heavy (non-hydrogen) atoms. The summed E-state index contributed by atoms with van der Waals surface area (Å²) in [7, 11) is 4.84. The second-order valence-corrected chi connectivity index (χ2v) is 7.60. The van der Waals surface area contributed by atoms with Crippen molar-refractivity contribution in [1.29, 1.82) is 0 Å². The van der Waals surface area contributed by atoms with Gasteiger partial charge in [0.25, 0.3) is 5.91 Å². The van der Waals surface area contributed by atoms with Gasteiger partial charge in [0.1, 0.15) is 18.0 Å². The highest BCUT2D eigenvalue weighted by molar-refractivity contribution is 6.03. The molecule has 170 valence electrons. The van der Waals surface area contributed by atoms with Crippen LogP contribution >= 0.6 is 0 Å². The van der Waals surface area contributed by atoms with E-state index in [1.54, 1.807) is 21.3 Å². The minimum atomic E-state index is -0.280. The zero-order chi connectivity index (χ0) is 23.1. The van der Waals surface area contributed by atoms with Crippen molar-refractivity contribution in [2.24, 2.45) is 5.10 Å². The van der Waals surface area contributed by atoms with Gasteiger partial charge in [0.15, 0.2) is 0 Å². The lowest BCUT2D eigenvalue weighted by Crippen LogP contribution is -2.43. The normalized spacial score (nSPS) is 15.2. The number of nitrogens with one attached hydrogen (secondary N) is 1. The Labute approximate surface area is 188 Å². The average Bonchev–Trinajstić information content (AvgIpc) is 3.28. The van der Waals surface area contributed by atoms with E-state index >= 15 is 0 Å². The number of hydrogen-bond acceptors (Lipinski definition) is 5. The number of methoxy groups -OCH3 is 2. The first-order valence-electron chi connectivity index (χ1n) is 10.6. The third kappa shape index (κ3) is 5.38. The van der Waals surface area contributed by atoms with Crippen LogP contribution in [0.1, 0.15) is 36.9 Å². The van der Waals surface area contributed by atoms with Crippen LogP contribution < -0.4 is 14.8 Å². The summed E-state index contributed by atoms with van der Waals surface area (Å²) in [6.45, 7) is 2.47. The van der Waals surface area contributed by atoms with E-state index in [-0.39, 0.29) is 24.5 Å². The van der Waals surface area contributed by atoms with Crippen LogP contribution in [0, 0.1) is 0 Å². The van der Waals surface area contributed by atoms with Crippen molar-refractivity contribution in [1.82, 2.24) is 15.2 Å². The Morgan fingerprint density at radius 2 is 1.84 bits per heavy atom. The van der Waals surface area contributed by atoms with E-state index in [1.165, 1.54) is 9.91 Å². The number of hydrogen-bond donors (Lipinski definition) is 1. The number of ether oxygens (including phenoxy) is 2. The molecule has 0 aliphatic carbocycles. The lowest BCUT2D eigenvalue weighted by Gasteiger charge is -2.25. The lowest BCUT2D eigenvalue weighted by atomic mass is 9.98. The Morgan fingerprint density at radius 3 is 2.50 bits per heavy atom. The minimum Gasteiger partial charge on any atom is -0.497 e. The molecular weight excluding hydrogens is 408 g/mol. The third-order valence-electron chi connectivity index (χ3n) is 5.31. The van der Waals surface area contributed by atoms with Gasteiger partial charge in [-0.2, -0.15) is 5.10 Å². The van der Waals surface area contributed by atoms with E-state index in [0.717, 1.165) is 34.8 Å². The van der Waals surface area contributed by atoms with Gasteiger partial charge in [0.2, 0.25) is 0 Å². The van der Waals surface area contributed by atoms with Crippen molar-refractivity contribution in [3.8, 4) is 11.5 Å². The van der Waals surface area contributed by atoms with E-state index in [0.29, 0.717) is 13.0 Å². The molecule has 0 unspecified atom stereocenters. The summed E-state index contributed by atoms with van der Waals surface area (Å²) in [6.07, 6.45) is 1.38. The molecule has 0 saturated heterocycles. The molecule has 1 aliphatic heterocycles. The highest BCUT2D eigenvalue weighted by atomic mass is 16.5. The first kappa shape index (κ1) is 23.1. The van der Waals surface area contributed by atoms with Crippen LogP contribution in [0.3, 0.4) is 0 Å². The van der Waals surface area contributed by atoms with Gasteiger partial charge in [-0.25, -0.2) is 9.80 Å². The maximum atomic E-state index is 13.2. The van der Waals surface area contributed by atoms with Crippen molar-refractivity contribution in [2.45, 2.75) is 25.8 Å². The molecule has 3 rings (SSSR count). The first-order chi connectivity index (χ1) is 15.5. The number of nitrogens with zero attached hydrogens (tertiary/aromatic N) is 3. The number of likely N-dealkylation sites (N-methyl/N-ethyl adjacent to an activating group) is 1. The quantitative estimate of drug-likeness (QED) is 0.684. The van der Waals surface area contributed by atoms with Crippen molar-refractivity contribution in [3.63, 3.8) is 0 Å². The van der Waals surface area contributed by atoms with Crippen molar-refractivity contribution in [3.05, 3.63) is 59.7 Å². The Morgan fingerprint density at radius 1 is 1.12 bits per heavy atom. The van der Waals surface area contributed by atoms with Gasteiger partial charge >= 0.3 is 6.03 Å². The Bertz CT molecular complexity index is 974. The Hall–Kier alpha value is -3.55. The fourth-order valence-electron chi connectivity index (χ4n) is 3.52. The fourth-order valence-corrected chi connectivity index (χ4v) is 3.52. The molecule has 2 aromatic carbocycles. The molecule has 0 bridgehead atoms. The summed E-state index contributed by atoms with van der Waals surface area (Å²) in [5.41, 5.74) is 2.63. The second-order valence-electron chi connectivity index (χ2n) is 7.60. The van der Waals surface area contributed by atoms with Gasteiger partial charge in [-0.05, 0) is 36.2 Å². The van der Waals surface area contributed by atoms with Gasteiger partial charge in [-0.3, -0.25) is 4.79 Å². The highest BCUT2D eigenvalue weighted by Gasteiger charge is 2.34. The molecule has 2 aromatic rings. The van der Waals surface area contributed by atoms with Crippen molar-refractivity contribution < 1.29 is 19.1 Å². The first-order valence-corrected chi connectivity index (χ1v) is 10.6. The van der Waals surface area contributed by atoms with Crippen LogP contribution in [0.2, 0.25) is 0 Å². The summed E-state index contributed by atoms with van der Waals surface area (Å²) in [5.74, 6) is 1.21. The number of carbonyl (C=O) groups excluding carboxylic acids is 2. The number of amides is 3. The molecular formula is C24H30N4O4. The van der Waals surface area contributed by atoms with Gasteiger partial charge in [-0.1, -0.05) is 31.2 Å². The van der Waals surface area contributed by atoms with Crippen LogP contribution in [0.5, 0.6) is 11.5 Å². The molecule has 3 amide bonds. The molecule has 0 spiro atoms. The van der Waals surface area contributed by atoms with Gasteiger partial charge in [0, 0.05) is 25.6 Å². The fraction of sp³-hybridized carbons (Fsp3) is 0.375. The number of rotatable bonds is 8. The van der Waals surface area contributed by atoms with Crippen LogP contribution in [0.4, 0.5) is 4.79 Å². The summed E-state index contributed by atoms with van der Waals surface area (Å²) in [5, 5.41) is 8.93. The van der Waals surface area contributed by atoms with Gasteiger partial charge in [-0.15, -0.1) is 0 Å². The zero-order valence-corrected chi connectivity index (χ0v) is 19.0. The van der Waals surface area contributed by atoms with E-state index in [4.69, 9.17) is 9.47 Å². The summed E-state index contributed by atoms with van der Waals surface area (Å²) in [4.78, 5) is 26.8. The van der Waals surface area contributed by atoms with Crippen LogP contribution in [0.25, 0.3) is 0 Å². The van der Waals surface area contributed by atoms with Crippen LogP contribution in [-0.4, -0.2) is 61.9 Å². The minimum absolute atomic E-state index is 0.0723. The van der Waals surface area contributed by atoms with Gasteiger partial charge < -0.3 is 19.7 Å². The smallest absolute Gasteiger partial charge is 0.317 e. The molecule has 8 nitrogen and oxygen atoms in total. The predicted octanol–water partition coefficient (Wildman–Crippen LogP) is 3.43. The zero-order valence-electron chi connectivity index (χ0n) is 19.0. The maximum Gasteiger partial charge on any atom is 0.317 e. The molecule has 1 heterocycles. The highest BCUT2D eigenvalue weighted by Crippen LogP contribution is 2.34. The predicted molar refractivity (Wildman–Crippen MR) is 123 cm³/mol. The molecule has 1 atom stereocenters. The SMILES string of the molecule is CCCNC(=O)N(C)CC(=O)N1N=C(c2cccc(OC)c2)C[C@@H]1c1ccc(OC)cc1. The van der Waals surface area contributed by atoms with Crippen molar-refractivity contribution >= 4 is 17.6 Å². The monoisotopic (exact) mass is 438 g/mol.